The number of aryl methyl sites for hydroxylation is 3. The lowest BCUT2D eigenvalue weighted by Gasteiger charge is -2.03. The summed E-state index contributed by atoms with van der Waals surface area (Å²) in [5.74, 6) is -0.942. The molecule has 4 heteroatoms. The van der Waals surface area contributed by atoms with Gasteiger partial charge in [-0.1, -0.05) is 12.1 Å². The van der Waals surface area contributed by atoms with E-state index in [9.17, 15) is 9.90 Å². The van der Waals surface area contributed by atoms with Gasteiger partial charge in [-0.15, -0.1) is 0 Å². The first-order chi connectivity index (χ1) is 8.52. The number of nitrogens with zero attached hydrogens (tertiary/aromatic N) is 2. The van der Waals surface area contributed by atoms with Crippen molar-refractivity contribution in [2.75, 3.05) is 0 Å². The molecule has 0 atom stereocenters. The molecule has 0 amide bonds. The van der Waals surface area contributed by atoms with Crippen molar-refractivity contribution in [2.45, 2.75) is 27.3 Å². The van der Waals surface area contributed by atoms with Crippen molar-refractivity contribution in [2.24, 2.45) is 0 Å². The molecule has 2 rings (SSSR count). The van der Waals surface area contributed by atoms with E-state index in [0.717, 1.165) is 11.1 Å². The summed E-state index contributed by atoms with van der Waals surface area (Å²) in [5, 5.41) is 13.5. The number of benzene rings is 1. The van der Waals surface area contributed by atoms with Gasteiger partial charge in [0.05, 0.1) is 0 Å². The zero-order valence-electron chi connectivity index (χ0n) is 10.8. The van der Waals surface area contributed by atoms with Gasteiger partial charge < -0.3 is 5.11 Å². The van der Waals surface area contributed by atoms with Gasteiger partial charge in [-0.3, -0.25) is 4.68 Å². The molecule has 0 saturated heterocycles. The van der Waals surface area contributed by atoms with Crippen LogP contribution in [0.25, 0.3) is 11.3 Å². The van der Waals surface area contributed by atoms with Crippen molar-refractivity contribution in [3.8, 4) is 11.3 Å². The largest absolute Gasteiger partial charge is 0.478 e. The Kier molecular flexibility index (Phi) is 3.19. The van der Waals surface area contributed by atoms with Crippen LogP contribution in [0.2, 0.25) is 0 Å². The van der Waals surface area contributed by atoms with Gasteiger partial charge in [0, 0.05) is 18.3 Å². The number of carbonyl (C=O) groups is 1. The van der Waals surface area contributed by atoms with Gasteiger partial charge in [-0.25, -0.2) is 4.79 Å². The zero-order valence-corrected chi connectivity index (χ0v) is 10.8. The molecule has 0 bridgehead atoms. The first-order valence-corrected chi connectivity index (χ1v) is 5.91. The van der Waals surface area contributed by atoms with Gasteiger partial charge in [-0.2, -0.15) is 5.10 Å². The SMILES string of the molecule is CCn1cc(C(=O)O)c(-c2ccc(C)c(C)c2)n1. The number of carboxylic acid groups (broad SMARTS) is 1. The number of hydrogen-bond acceptors (Lipinski definition) is 2. The van der Waals surface area contributed by atoms with Crippen LogP contribution in [-0.2, 0) is 6.54 Å². The van der Waals surface area contributed by atoms with Crippen LogP contribution >= 0.6 is 0 Å². The lowest BCUT2D eigenvalue weighted by molar-refractivity contribution is 0.0697. The third-order valence-electron chi connectivity index (χ3n) is 3.10. The Bertz CT molecular complexity index is 600. The molecule has 0 aliphatic rings. The lowest BCUT2D eigenvalue weighted by Crippen LogP contribution is -1.97. The molecule has 0 spiro atoms. The summed E-state index contributed by atoms with van der Waals surface area (Å²) in [6, 6.07) is 5.88. The van der Waals surface area contributed by atoms with E-state index in [1.165, 1.54) is 5.56 Å². The highest BCUT2D eigenvalue weighted by atomic mass is 16.4. The van der Waals surface area contributed by atoms with Crippen molar-refractivity contribution >= 4 is 5.97 Å². The highest BCUT2D eigenvalue weighted by Crippen LogP contribution is 2.24. The standard InChI is InChI=1S/C14H16N2O2/c1-4-16-8-12(14(17)18)13(15-16)11-6-5-9(2)10(3)7-11/h5-8H,4H2,1-3H3,(H,17,18). The monoisotopic (exact) mass is 244 g/mol. The minimum absolute atomic E-state index is 0.250. The van der Waals surface area contributed by atoms with Gasteiger partial charge in [0.1, 0.15) is 11.3 Å². The second-order valence-electron chi connectivity index (χ2n) is 4.35. The first-order valence-electron chi connectivity index (χ1n) is 5.91. The lowest BCUT2D eigenvalue weighted by atomic mass is 10.0. The van der Waals surface area contributed by atoms with Crippen molar-refractivity contribution in [3.05, 3.63) is 41.1 Å². The molecule has 1 N–H and O–H groups in total. The predicted molar refractivity (Wildman–Crippen MR) is 69.8 cm³/mol. The molecule has 1 aromatic heterocycles. The van der Waals surface area contributed by atoms with Crippen LogP contribution in [0.5, 0.6) is 0 Å². The highest BCUT2D eigenvalue weighted by molar-refractivity contribution is 5.94. The third-order valence-corrected chi connectivity index (χ3v) is 3.10. The van der Waals surface area contributed by atoms with E-state index in [2.05, 4.69) is 5.10 Å². The average molecular weight is 244 g/mol. The van der Waals surface area contributed by atoms with Crippen LogP contribution in [-0.4, -0.2) is 20.9 Å². The molecule has 1 heterocycles. The molecule has 18 heavy (non-hydrogen) atoms. The van der Waals surface area contributed by atoms with E-state index >= 15 is 0 Å². The molecule has 0 aliphatic heterocycles. The minimum Gasteiger partial charge on any atom is -0.478 e. The summed E-state index contributed by atoms with van der Waals surface area (Å²) in [5.41, 5.74) is 3.95. The maximum atomic E-state index is 11.2. The zero-order chi connectivity index (χ0) is 13.3. The first kappa shape index (κ1) is 12.4. The molecular formula is C14H16N2O2. The van der Waals surface area contributed by atoms with Crippen LogP contribution in [0.1, 0.15) is 28.4 Å². The number of aromatic nitrogens is 2. The van der Waals surface area contributed by atoms with Crippen LogP contribution in [0.4, 0.5) is 0 Å². The van der Waals surface area contributed by atoms with E-state index < -0.39 is 5.97 Å². The van der Waals surface area contributed by atoms with E-state index in [-0.39, 0.29) is 5.56 Å². The van der Waals surface area contributed by atoms with E-state index in [0.29, 0.717) is 12.2 Å². The van der Waals surface area contributed by atoms with Crippen molar-refractivity contribution in [1.29, 1.82) is 0 Å². The van der Waals surface area contributed by atoms with E-state index in [1.54, 1.807) is 10.9 Å². The summed E-state index contributed by atoms with van der Waals surface area (Å²) in [6.45, 7) is 6.63. The number of carboxylic acids is 1. The normalized spacial score (nSPS) is 10.6. The Hall–Kier alpha value is -2.10. The van der Waals surface area contributed by atoms with Gasteiger partial charge in [0.15, 0.2) is 0 Å². The number of rotatable bonds is 3. The van der Waals surface area contributed by atoms with Crippen molar-refractivity contribution < 1.29 is 9.90 Å². The summed E-state index contributed by atoms with van der Waals surface area (Å²) in [7, 11) is 0. The fraction of sp³-hybridized carbons (Fsp3) is 0.286. The molecule has 1 aromatic carbocycles. The molecule has 4 nitrogen and oxygen atoms in total. The van der Waals surface area contributed by atoms with Crippen LogP contribution in [0.15, 0.2) is 24.4 Å². The van der Waals surface area contributed by atoms with Crippen molar-refractivity contribution in [3.63, 3.8) is 0 Å². The molecule has 0 radical (unpaired) electrons. The maximum absolute atomic E-state index is 11.2. The average Bonchev–Trinajstić information content (AvgIpc) is 2.77. The molecule has 2 aromatic rings. The van der Waals surface area contributed by atoms with Crippen LogP contribution in [0.3, 0.4) is 0 Å². The third kappa shape index (κ3) is 2.14. The van der Waals surface area contributed by atoms with E-state index in [1.807, 2.05) is 39.0 Å². The quantitative estimate of drug-likeness (QED) is 0.903. The Labute approximate surface area is 106 Å². The summed E-state index contributed by atoms with van der Waals surface area (Å²) >= 11 is 0. The molecule has 0 fully saturated rings. The summed E-state index contributed by atoms with van der Waals surface area (Å²) < 4.78 is 1.65. The Morgan fingerprint density at radius 2 is 2.06 bits per heavy atom. The molecule has 0 unspecified atom stereocenters. The Balaban J connectivity index is 2.58. The fourth-order valence-corrected chi connectivity index (χ4v) is 1.84. The molecule has 94 valence electrons. The molecule has 0 saturated carbocycles. The summed E-state index contributed by atoms with van der Waals surface area (Å²) in [4.78, 5) is 11.2. The van der Waals surface area contributed by atoms with Gasteiger partial charge >= 0.3 is 5.97 Å². The maximum Gasteiger partial charge on any atom is 0.339 e. The Morgan fingerprint density at radius 1 is 1.33 bits per heavy atom. The highest BCUT2D eigenvalue weighted by Gasteiger charge is 2.16. The van der Waals surface area contributed by atoms with E-state index in [4.69, 9.17) is 0 Å². The molecule has 0 aliphatic carbocycles. The smallest absolute Gasteiger partial charge is 0.339 e. The predicted octanol–water partition coefficient (Wildman–Crippen LogP) is 2.89. The van der Waals surface area contributed by atoms with Crippen LogP contribution < -0.4 is 0 Å². The van der Waals surface area contributed by atoms with Gasteiger partial charge in [0.25, 0.3) is 0 Å². The molecular weight excluding hydrogens is 228 g/mol. The Morgan fingerprint density at radius 3 is 2.61 bits per heavy atom. The van der Waals surface area contributed by atoms with Crippen molar-refractivity contribution in [1.82, 2.24) is 9.78 Å². The van der Waals surface area contributed by atoms with Gasteiger partial charge in [-0.05, 0) is 38.0 Å². The number of aromatic carboxylic acids is 1. The second-order valence-corrected chi connectivity index (χ2v) is 4.35. The van der Waals surface area contributed by atoms with Gasteiger partial charge in [0.2, 0.25) is 0 Å². The minimum atomic E-state index is -0.942. The topological polar surface area (TPSA) is 55.1 Å². The van der Waals surface area contributed by atoms with Crippen LogP contribution in [0, 0.1) is 13.8 Å². The second kappa shape index (κ2) is 4.64. The number of hydrogen-bond donors (Lipinski definition) is 1. The summed E-state index contributed by atoms with van der Waals surface area (Å²) in [6.07, 6.45) is 1.58. The fourth-order valence-electron chi connectivity index (χ4n) is 1.84.